The molecule has 0 heterocycles. The summed E-state index contributed by atoms with van der Waals surface area (Å²) in [5, 5.41) is 8.65. The smallest absolute Gasteiger partial charge is 0.328 e. The van der Waals surface area contributed by atoms with Crippen molar-refractivity contribution < 1.29 is 9.90 Å². The molecule has 0 saturated carbocycles. The number of carboxylic acids is 1. The lowest BCUT2D eigenvalue weighted by molar-refractivity contribution is -0.131. The average Bonchev–Trinajstić information content (AvgIpc) is 2.45. The minimum Gasteiger partial charge on any atom is -0.478 e. The average molecular weight is 250 g/mol. The highest BCUT2D eigenvalue weighted by Crippen LogP contribution is 2.22. The van der Waals surface area contributed by atoms with Crippen LogP contribution in [-0.2, 0) is 4.79 Å². The van der Waals surface area contributed by atoms with Crippen molar-refractivity contribution in [3.8, 4) is 0 Å². The first-order chi connectivity index (χ1) is 9.27. The van der Waals surface area contributed by atoms with Gasteiger partial charge >= 0.3 is 5.97 Å². The maximum Gasteiger partial charge on any atom is 0.328 e. The van der Waals surface area contributed by atoms with Gasteiger partial charge in [0.2, 0.25) is 0 Å². The number of hydrogen-bond donors (Lipinski definition) is 1. The molecule has 94 valence electrons. The lowest BCUT2D eigenvalue weighted by Gasteiger charge is -2.07. The fourth-order valence-corrected chi connectivity index (χ4v) is 1.82. The third-order valence-corrected chi connectivity index (χ3v) is 2.67. The van der Waals surface area contributed by atoms with Crippen molar-refractivity contribution in [3.63, 3.8) is 0 Å². The van der Waals surface area contributed by atoms with Crippen LogP contribution in [0.1, 0.15) is 11.1 Å². The number of allylic oxidation sites excluding steroid dienone is 2. The fraction of sp³-hybridized carbons (Fsp3) is 0. The Morgan fingerprint density at radius 3 is 1.74 bits per heavy atom. The molecule has 1 N–H and O–H groups in total. The third-order valence-electron chi connectivity index (χ3n) is 2.67. The monoisotopic (exact) mass is 250 g/mol. The van der Waals surface area contributed by atoms with Crippen molar-refractivity contribution in [1.29, 1.82) is 0 Å². The zero-order chi connectivity index (χ0) is 13.5. The van der Waals surface area contributed by atoms with Gasteiger partial charge in [0.1, 0.15) is 0 Å². The van der Waals surface area contributed by atoms with Crippen molar-refractivity contribution in [2.75, 3.05) is 0 Å². The van der Waals surface area contributed by atoms with Crippen LogP contribution < -0.4 is 0 Å². The number of hydrogen-bond acceptors (Lipinski definition) is 1. The summed E-state index contributed by atoms with van der Waals surface area (Å²) >= 11 is 0. The van der Waals surface area contributed by atoms with Gasteiger partial charge in [-0.25, -0.2) is 4.79 Å². The highest BCUT2D eigenvalue weighted by molar-refractivity contribution is 5.83. The van der Waals surface area contributed by atoms with Gasteiger partial charge in [0.05, 0.1) is 0 Å². The van der Waals surface area contributed by atoms with E-state index < -0.39 is 5.97 Å². The lowest BCUT2D eigenvalue weighted by Crippen LogP contribution is -1.88. The predicted octanol–water partition coefficient (Wildman–Crippen LogP) is 3.76. The van der Waals surface area contributed by atoms with Crippen LogP contribution in [0, 0.1) is 0 Å². The summed E-state index contributed by atoms with van der Waals surface area (Å²) in [4.78, 5) is 10.5. The largest absolute Gasteiger partial charge is 0.478 e. The molecule has 0 atom stereocenters. The second kappa shape index (κ2) is 6.36. The highest BCUT2D eigenvalue weighted by atomic mass is 16.4. The summed E-state index contributed by atoms with van der Waals surface area (Å²) in [7, 11) is 0. The van der Waals surface area contributed by atoms with E-state index in [1.165, 1.54) is 0 Å². The SMILES string of the molecule is O=C(O)C=CC=C(c1ccccc1)c1ccccc1. The minimum absolute atomic E-state index is 0.947. The maximum absolute atomic E-state index is 10.5. The van der Waals surface area contributed by atoms with E-state index in [0.29, 0.717) is 0 Å². The van der Waals surface area contributed by atoms with Crippen LogP contribution >= 0.6 is 0 Å². The first-order valence-electron chi connectivity index (χ1n) is 5.99. The van der Waals surface area contributed by atoms with Crippen LogP contribution in [0.2, 0.25) is 0 Å². The van der Waals surface area contributed by atoms with Crippen LogP contribution in [0.25, 0.3) is 5.57 Å². The molecule has 2 nitrogen and oxygen atoms in total. The van der Waals surface area contributed by atoms with Crippen molar-refractivity contribution in [2.45, 2.75) is 0 Å². The van der Waals surface area contributed by atoms with Crippen LogP contribution in [-0.4, -0.2) is 11.1 Å². The highest BCUT2D eigenvalue weighted by Gasteiger charge is 2.02. The van der Waals surface area contributed by atoms with Crippen molar-refractivity contribution in [1.82, 2.24) is 0 Å². The minimum atomic E-state index is -0.947. The van der Waals surface area contributed by atoms with E-state index in [-0.39, 0.29) is 0 Å². The molecule has 2 aromatic carbocycles. The van der Waals surface area contributed by atoms with Crippen LogP contribution in [0.4, 0.5) is 0 Å². The van der Waals surface area contributed by atoms with Crippen molar-refractivity contribution in [3.05, 3.63) is 90.0 Å². The van der Waals surface area contributed by atoms with Crippen molar-refractivity contribution >= 4 is 11.5 Å². The van der Waals surface area contributed by atoms with Crippen molar-refractivity contribution in [2.24, 2.45) is 0 Å². The molecular formula is C17H14O2. The van der Waals surface area contributed by atoms with Gasteiger partial charge in [0.15, 0.2) is 0 Å². The molecule has 0 bridgehead atoms. The molecule has 0 aromatic heterocycles. The molecule has 0 aliphatic heterocycles. The van der Waals surface area contributed by atoms with E-state index in [0.717, 1.165) is 22.8 Å². The molecule has 19 heavy (non-hydrogen) atoms. The molecule has 0 radical (unpaired) electrons. The Labute approximate surface area is 112 Å². The van der Waals surface area contributed by atoms with Gasteiger partial charge in [0.25, 0.3) is 0 Å². The van der Waals surface area contributed by atoms with E-state index in [1.54, 1.807) is 6.08 Å². The molecule has 0 amide bonds. The number of benzene rings is 2. The zero-order valence-corrected chi connectivity index (χ0v) is 10.4. The molecule has 2 rings (SSSR count). The molecule has 0 unspecified atom stereocenters. The van der Waals surface area contributed by atoms with Gasteiger partial charge in [0, 0.05) is 6.08 Å². The van der Waals surface area contributed by atoms with Gasteiger partial charge in [-0.1, -0.05) is 72.8 Å². The second-order valence-corrected chi connectivity index (χ2v) is 4.01. The number of carbonyl (C=O) groups is 1. The Kier molecular flexibility index (Phi) is 4.29. The number of aliphatic carboxylic acids is 1. The maximum atomic E-state index is 10.5. The Morgan fingerprint density at radius 2 is 1.32 bits per heavy atom. The Bertz CT molecular complexity index is 554. The summed E-state index contributed by atoms with van der Waals surface area (Å²) < 4.78 is 0. The van der Waals surface area contributed by atoms with E-state index in [2.05, 4.69) is 0 Å². The van der Waals surface area contributed by atoms with E-state index >= 15 is 0 Å². The molecule has 2 aromatic rings. The predicted molar refractivity (Wildman–Crippen MR) is 76.7 cm³/mol. The lowest BCUT2D eigenvalue weighted by atomic mass is 9.97. The summed E-state index contributed by atoms with van der Waals surface area (Å²) in [6.45, 7) is 0. The first kappa shape index (κ1) is 12.8. The summed E-state index contributed by atoms with van der Waals surface area (Å²) in [6, 6.07) is 19.8. The third kappa shape index (κ3) is 3.68. The Hall–Kier alpha value is -2.61. The molecule has 0 aliphatic rings. The van der Waals surface area contributed by atoms with E-state index in [4.69, 9.17) is 5.11 Å². The van der Waals surface area contributed by atoms with E-state index in [9.17, 15) is 4.79 Å². The standard InChI is InChI=1S/C17H14O2/c18-17(19)13-7-12-16(14-8-3-1-4-9-14)15-10-5-2-6-11-15/h1-13H,(H,18,19). The Balaban J connectivity index is 2.43. The second-order valence-electron chi connectivity index (χ2n) is 4.01. The number of rotatable bonds is 4. The molecular weight excluding hydrogens is 236 g/mol. The quantitative estimate of drug-likeness (QED) is 0.662. The fourth-order valence-electron chi connectivity index (χ4n) is 1.82. The van der Waals surface area contributed by atoms with Gasteiger partial charge in [-0.3, -0.25) is 0 Å². The molecule has 0 aliphatic carbocycles. The molecule has 0 fully saturated rings. The zero-order valence-electron chi connectivity index (χ0n) is 10.4. The normalized spacial score (nSPS) is 10.3. The van der Waals surface area contributed by atoms with Gasteiger partial charge in [-0.15, -0.1) is 0 Å². The summed E-state index contributed by atoms with van der Waals surface area (Å²) in [6.07, 6.45) is 4.50. The van der Waals surface area contributed by atoms with Crippen LogP contribution in [0.3, 0.4) is 0 Å². The van der Waals surface area contributed by atoms with E-state index in [1.807, 2.05) is 66.7 Å². The summed E-state index contributed by atoms with van der Waals surface area (Å²) in [5.74, 6) is -0.947. The molecule has 0 saturated heterocycles. The topological polar surface area (TPSA) is 37.3 Å². The number of carboxylic acid groups (broad SMARTS) is 1. The van der Waals surface area contributed by atoms with Gasteiger partial charge in [-0.2, -0.15) is 0 Å². The van der Waals surface area contributed by atoms with Crippen LogP contribution in [0.5, 0.6) is 0 Å². The first-order valence-corrected chi connectivity index (χ1v) is 5.99. The van der Waals surface area contributed by atoms with Crippen LogP contribution in [0.15, 0.2) is 78.9 Å². The van der Waals surface area contributed by atoms with Gasteiger partial charge in [-0.05, 0) is 16.7 Å². The summed E-state index contributed by atoms with van der Waals surface area (Å²) in [5.41, 5.74) is 3.12. The van der Waals surface area contributed by atoms with Gasteiger partial charge < -0.3 is 5.11 Å². The molecule has 2 heteroatoms. The Morgan fingerprint density at radius 1 is 0.842 bits per heavy atom. The molecule has 0 spiro atoms.